The molecule has 4 heteroatoms. The minimum Gasteiger partial charge on any atom is -0.395 e. The molecular weight excluding hydrogens is 229 g/mol. The van der Waals surface area contributed by atoms with E-state index in [2.05, 4.69) is 11.8 Å². The lowest BCUT2D eigenvalue weighted by Gasteiger charge is -2.20. The van der Waals surface area contributed by atoms with Crippen molar-refractivity contribution >= 4 is 11.6 Å². The fourth-order valence-electron chi connectivity index (χ4n) is 1.62. The molecule has 90 valence electrons. The monoisotopic (exact) mass is 245 g/mol. The maximum absolute atomic E-state index is 13.2. The van der Waals surface area contributed by atoms with Crippen molar-refractivity contribution in [1.29, 1.82) is 0 Å². The Morgan fingerprint density at radius 1 is 1.38 bits per heavy atom. The van der Waals surface area contributed by atoms with E-state index < -0.39 is 0 Å². The summed E-state index contributed by atoms with van der Waals surface area (Å²) in [6.45, 7) is 4.34. The minimum absolute atomic E-state index is 0.121. The Kier molecular flexibility index (Phi) is 5.74. The molecule has 0 aliphatic carbocycles. The van der Waals surface area contributed by atoms with E-state index in [4.69, 9.17) is 16.7 Å². The van der Waals surface area contributed by atoms with Crippen LogP contribution in [0, 0.1) is 5.82 Å². The van der Waals surface area contributed by atoms with Gasteiger partial charge >= 0.3 is 0 Å². The van der Waals surface area contributed by atoms with E-state index in [-0.39, 0.29) is 17.4 Å². The third-order valence-electron chi connectivity index (χ3n) is 2.35. The van der Waals surface area contributed by atoms with E-state index in [9.17, 15) is 4.39 Å². The quantitative estimate of drug-likeness (QED) is 0.833. The largest absolute Gasteiger partial charge is 0.395 e. The Morgan fingerprint density at radius 2 is 2.12 bits per heavy atom. The Labute approximate surface area is 101 Å². The van der Waals surface area contributed by atoms with Crippen molar-refractivity contribution in [1.82, 2.24) is 4.90 Å². The number of hydrogen-bond donors (Lipinski definition) is 1. The van der Waals surface area contributed by atoms with Crippen LogP contribution in [0.25, 0.3) is 0 Å². The number of hydrogen-bond acceptors (Lipinski definition) is 2. The number of benzene rings is 1. The molecule has 1 aromatic rings. The summed E-state index contributed by atoms with van der Waals surface area (Å²) in [5, 5.41) is 9.05. The van der Waals surface area contributed by atoms with E-state index in [0.29, 0.717) is 13.1 Å². The normalized spacial score (nSPS) is 11.1. The maximum Gasteiger partial charge on any atom is 0.142 e. The molecule has 0 bridgehead atoms. The van der Waals surface area contributed by atoms with Crippen molar-refractivity contribution in [2.75, 3.05) is 19.7 Å². The van der Waals surface area contributed by atoms with Crippen LogP contribution in [0.2, 0.25) is 5.02 Å². The molecule has 0 unspecified atom stereocenters. The molecule has 0 spiro atoms. The second kappa shape index (κ2) is 6.84. The highest BCUT2D eigenvalue weighted by Crippen LogP contribution is 2.16. The predicted molar refractivity (Wildman–Crippen MR) is 64.1 cm³/mol. The summed E-state index contributed by atoms with van der Waals surface area (Å²) in [5.41, 5.74) is 0.879. The van der Waals surface area contributed by atoms with Crippen molar-refractivity contribution in [2.24, 2.45) is 0 Å². The fourth-order valence-corrected chi connectivity index (χ4v) is 1.74. The first-order chi connectivity index (χ1) is 7.67. The van der Waals surface area contributed by atoms with Crippen molar-refractivity contribution in [3.63, 3.8) is 0 Å². The Bertz CT molecular complexity index is 327. The van der Waals surface area contributed by atoms with Crippen LogP contribution in [0.5, 0.6) is 0 Å². The number of halogens is 2. The maximum atomic E-state index is 13.2. The van der Waals surface area contributed by atoms with Crippen LogP contribution in [0.4, 0.5) is 4.39 Å². The van der Waals surface area contributed by atoms with Gasteiger partial charge in [-0.2, -0.15) is 0 Å². The number of rotatable bonds is 6. The molecule has 0 aromatic heterocycles. The zero-order valence-electron chi connectivity index (χ0n) is 9.42. The Hall–Kier alpha value is -0.640. The molecule has 0 heterocycles. The van der Waals surface area contributed by atoms with Crippen LogP contribution >= 0.6 is 11.6 Å². The van der Waals surface area contributed by atoms with E-state index >= 15 is 0 Å². The van der Waals surface area contributed by atoms with Gasteiger partial charge in [0.25, 0.3) is 0 Å². The zero-order chi connectivity index (χ0) is 12.0. The van der Waals surface area contributed by atoms with Gasteiger partial charge in [0.2, 0.25) is 0 Å². The summed E-state index contributed by atoms with van der Waals surface area (Å²) >= 11 is 5.61. The molecule has 0 amide bonds. The Balaban J connectivity index is 2.65. The fraction of sp³-hybridized carbons (Fsp3) is 0.500. The third-order valence-corrected chi connectivity index (χ3v) is 2.65. The summed E-state index contributed by atoms with van der Waals surface area (Å²) in [5.74, 6) is -0.389. The third kappa shape index (κ3) is 4.08. The highest BCUT2D eigenvalue weighted by atomic mass is 35.5. The molecule has 0 aliphatic rings. The highest BCUT2D eigenvalue weighted by molar-refractivity contribution is 6.30. The lowest BCUT2D eigenvalue weighted by molar-refractivity contribution is 0.190. The molecule has 0 fully saturated rings. The molecular formula is C12H17ClFNO. The van der Waals surface area contributed by atoms with Crippen molar-refractivity contribution in [3.8, 4) is 0 Å². The molecule has 16 heavy (non-hydrogen) atoms. The van der Waals surface area contributed by atoms with Gasteiger partial charge in [-0.1, -0.05) is 24.6 Å². The first-order valence-electron chi connectivity index (χ1n) is 5.44. The van der Waals surface area contributed by atoms with Gasteiger partial charge in [0.05, 0.1) is 11.6 Å². The molecule has 1 rings (SSSR count). The van der Waals surface area contributed by atoms with Gasteiger partial charge in [-0.25, -0.2) is 4.39 Å². The van der Waals surface area contributed by atoms with Gasteiger partial charge in [-0.3, -0.25) is 4.90 Å². The van der Waals surface area contributed by atoms with Crippen molar-refractivity contribution < 1.29 is 9.50 Å². The lowest BCUT2D eigenvalue weighted by atomic mass is 10.2. The summed E-state index contributed by atoms with van der Waals surface area (Å²) in [4.78, 5) is 2.09. The van der Waals surface area contributed by atoms with Gasteiger partial charge in [0.1, 0.15) is 5.82 Å². The first-order valence-corrected chi connectivity index (χ1v) is 5.82. The van der Waals surface area contributed by atoms with Gasteiger partial charge in [-0.05, 0) is 30.7 Å². The molecule has 1 aromatic carbocycles. The van der Waals surface area contributed by atoms with Crippen LogP contribution in [0.15, 0.2) is 18.2 Å². The number of nitrogens with zero attached hydrogens (tertiary/aromatic N) is 1. The van der Waals surface area contributed by atoms with Crippen LogP contribution in [-0.2, 0) is 6.54 Å². The SMILES string of the molecule is CCCN(CCO)Cc1ccc(Cl)c(F)c1. The van der Waals surface area contributed by atoms with Crippen molar-refractivity contribution in [2.45, 2.75) is 19.9 Å². The van der Waals surface area contributed by atoms with Crippen LogP contribution in [-0.4, -0.2) is 29.7 Å². The lowest BCUT2D eigenvalue weighted by Crippen LogP contribution is -2.27. The molecule has 0 radical (unpaired) electrons. The van der Waals surface area contributed by atoms with Crippen molar-refractivity contribution in [3.05, 3.63) is 34.6 Å². The minimum atomic E-state index is -0.389. The standard InChI is InChI=1S/C12H17ClFNO/c1-2-5-15(6-7-16)9-10-3-4-11(13)12(14)8-10/h3-4,8,16H,2,5-7,9H2,1H3. The van der Waals surface area contributed by atoms with E-state index in [1.54, 1.807) is 6.07 Å². The number of aliphatic hydroxyl groups excluding tert-OH is 1. The summed E-state index contributed by atoms with van der Waals surface area (Å²) in [6.07, 6.45) is 1.01. The second-order valence-electron chi connectivity index (χ2n) is 3.75. The van der Waals surface area contributed by atoms with Gasteiger partial charge in [-0.15, -0.1) is 0 Å². The van der Waals surface area contributed by atoms with Gasteiger partial charge in [0, 0.05) is 13.1 Å². The van der Waals surface area contributed by atoms with E-state index in [0.717, 1.165) is 18.5 Å². The first kappa shape index (κ1) is 13.4. The molecule has 0 saturated carbocycles. The van der Waals surface area contributed by atoms with Gasteiger partial charge in [0.15, 0.2) is 0 Å². The topological polar surface area (TPSA) is 23.5 Å². The summed E-state index contributed by atoms with van der Waals surface area (Å²) in [6, 6.07) is 4.82. The Morgan fingerprint density at radius 3 is 2.69 bits per heavy atom. The summed E-state index contributed by atoms with van der Waals surface area (Å²) < 4.78 is 13.2. The molecule has 0 aliphatic heterocycles. The molecule has 2 nitrogen and oxygen atoms in total. The predicted octanol–water partition coefficient (Wildman–Crippen LogP) is 2.68. The summed E-state index contributed by atoms with van der Waals surface area (Å²) in [7, 11) is 0. The molecule has 0 atom stereocenters. The van der Waals surface area contributed by atoms with E-state index in [1.165, 1.54) is 6.07 Å². The second-order valence-corrected chi connectivity index (χ2v) is 4.16. The van der Waals surface area contributed by atoms with Crippen LogP contribution in [0.1, 0.15) is 18.9 Å². The molecule has 0 saturated heterocycles. The smallest absolute Gasteiger partial charge is 0.142 e. The number of aliphatic hydroxyl groups is 1. The molecule has 1 N–H and O–H groups in total. The van der Waals surface area contributed by atoms with Crippen LogP contribution in [0.3, 0.4) is 0 Å². The highest BCUT2D eigenvalue weighted by Gasteiger charge is 2.06. The average Bonchev–Trinajstić information content (AvgIpc) is 2.24. The van der Waals surface area contributed by atoms with Gasteiger partial charge < -0.3 is 5.11 Å². The van der Waals surface area contributed by atoms with E-state index in [1.807, 2.05) is 6.07 Å². The van der Waals surface area contributed by atoms with Crippen LogP contribution < -0.4 is 0 Å². The zero-order valence-corrected chi connectivity index (χ0v) is 10.2. The average molecular weight is 246 g/mol.